The van der Waals surface area contributed by atoms with Gasteiger partial charge in [0.15, 0.2) is 5.84 Å². The lowest BCUT2D eigenvalue weighted by molar-refractivity contribution is -0.131. The molecule has 1 heterocycles. The van der Waals surface area contributed by atoms with Gasteiger partial charge in [-0.1, -0.05) is 48.9 Å². The van der Waals surface area contributed by atoms with Crippen molar-refractivity contribution in [1.29, 1.82) is 5.41 Å². The lowest BCUT2D eigenvalue weighted by Gasteiger charge is -2.49. The van der Waals surface area contributed by atoms with Gasteiger partial charge in [0.2, 0.25) is 5.91 Å². The van der Waals surface area contributed by atoms with Crippen LogP contribution in [0.5, 0.6) is 5.75 Å². The molecule has 0 spiro atoms. The molecule has 2 aliphatic rings. The van der Waals surface area contributed by atoms with Crippen molar-refractivity contribution in [3.05, 3.63) is 81.5 Å². The number of hydrogen-bond acceptors (Lipinski definition) is 4. The van der Waals surface area contributed by atoms with Gasteiger partial charge < -0.3 is 14.5 Å². The van der Waals surface area contributed by atoms with E-state index in [2.05, 4.69) is 49.7 Å². The van der Waals surface area contributed by atoms with Crippen molar-refractivity contribution in [2.45, 2.75) is 65.8 Å². The van der Waals surface area contributed by atoms with Gasteiger partial charge in [-0.25, -0.2) is 4.99 Å². The fraction of sp³-hybridized carbons (Fsp3) is 0.441. The zero-order valence-corrected chi connectivity index (χ0v) is 26.0. The summed E-state index contributed by atoms with van der Waals surface area (Å²) in [5.41, 5.74) is 5.84. The number of carbonyl (C=O) groups excluding carboxylic acids is 1. The van der Waals surface area contributed by atoms with Crippen LogP contribution in [0.25, 0.3) is 5.57 Å². The van der Waals surface area contributed by atoms with Gasteiger partial charge in [-0.05, 0) is 94.2 Å². The standard InChI is InChI=1S/C34H43ClN4O2/c1-7-24(19-25-11-9-12-26(35)20-25)21-37-32(36)30(8-2)39-18-17-38(22-34(39,4)5)33(40)28-15-16-29-27(23(28)3)13-10-14-31(29)41-6/h8-14,20-21,24,36H,7,15-19,22H2,1-6H3. The van der Waals surface area contributed by atoms with E-state index in [1.54, 1.807) is 7.11 Å². The van der Waals surface area contributed by atoms with Gasteiger partial charge in [0.1, 0.15) is 5.75 Å². The van der Waals surface area contributed by atoms with E-state index in [-0.39, 0.29) is 23.2 Å². The molecule has 1 N–H and O–H groups in total. The van der Waals surface area contributed by atoms with E-state index < -0.39 is 0 Å². The topological polar surface area (TPSA) is 69.0 Å². The number of methoxy groups -OCH3 is 1. The van der Waals surface area contributed by atoms with Crippen molar-refractivity contribution in [2.75, 3.05) is 26.7 Å². The molecule has 1 atom stereocenters. The molecule has 1 fully saturated rings. The van der Waals surface area contributed by atoms with Crippen molar-refractivity contribution < 1.29 is 9.53 Å². The van der Waals surface area contributed by atoms with Crippen molar-refractivity contribution in [2.24, 2.45) is 10.9 Å². The summed E-state index contributed by atoms with van der Waals surface area (Å²) in [5, 5.41) is 9.57. The Balaban J connectivity index is 1.45. The number of benzene rings is 2. The molecule has 2 aromatic rings. The number of fused-ring (bicyclic) bond motifs is 1. The van der Waals surface area contributed by atoms with Crippen LogP contribution in [-0.2, 0) is 17.6 Å². The van der Waals surface area contributed by atoms with Crippen LogP contribution in [0, 0.1) is 11.3 Å². The van der Waals surface area contributed by atoms with Gasteiger partial charge in [-0.2, -0.15) is 0 Å². The summed E-state index contributed by atoms with van der Waals surface area (Å²) in [7, 11) is 1.70. The van der Waals surface area contributed by atoms with E-state index in [1.165, 1.54) is 11.1 Å². The molecule has 0 aromatic heterocycles. The van der Waals surface area contributed by atoms with Crippen molar-refractivity contribution in [3.63, 3.8) is 0 Å². The highest BCUT2D eigenvalue weighted by molar-refractivity contribution is 6.30. The highest BCUT2D eigenvalue weighted by Gasteiger charge is 2.38. The Kier molecular flexibility index (Phi) is 9.75. The number of rotatable bonds is 8. The number of amidine groups is 1. The van der Waals surface area contributed by atoms with E-state index in [0.29, 0.717) is 26.1 Å². The van der Waals surface area contributed by atoms with E-state index in [0.717, 1.165) is 52.4 Å². The molecule has 1 unspecified atom stereocenters. The minimum atomic E-state index is -0.354. The van der Waals surface area contributed by atoms with E-state index in [1.807, 2.05) is 54.4 Å². The average molecular weight is 575 g/mol. The number of ether oxygens (including phenoxy) is 1. The molecular weight excluding hydrogens is 532 g/mol. The number of amides is 1. The molecule has 6 nitrogen and oxygen atoms in total. The van der Waals surface area contributed by atoms with Gasteiger partial charge in [-0.15, -0.1) is 0 Å². The molecule has 41 heavy (non-hydrogen) atoms. The third-order valence-corrected chi connectivity index (χ3v) is 8.65. The first-order valence-corrected chi connectivity index (χ1v) is 14.9. The lowest BCUT2D eigenvalue weighted by atomic mass is 9.85. The van der Waals surface area contributed by atoms with E-state index in [9.17, 15) is 4.79 Å². The third kappa shape index (κ3) is 6.75. The number of hydrogen-bond donors (Lipinski definition) is 1. The average Bonchev–Trinajstić information content (AvgIpc) is 2.95. The first-order valence-electron chi connectivity index (χ1n) is 14.6. The van der Waals surface area contributed by atoms with Crippen molar-refractivity contribution in [3.8, 4) is 5.75 Å². The fourth-order valence-electron chi connectivity index (χ4n) is 6.13. The molecule has 0 saturated carbocycles. The first-order chi connectivity index (χ1) is 19.6. The highest BCUT2D eigenvalue weighted by Crippen LogP contribution is 2.37. The highest BCUT2D eigenvalue weighted by atomic mass is 35.5. The quantitative estimate of drug-likeness (QED) is 0.267. The molecule has 0 radical (unpaired) electrons. The van der Waals surface area contributed by atoms with Crippen LogP contribution >= 0.6 is 11.6 Å². The van der Waals surface area contributed by atoms with E-state index >= 15 is 0 Å². The Morgan fingerprint density at radius 2 is 1.95 bits per heavy atom. The summed E-state index contributed by atoms with van der Waals surface area (Å²) in [6, 6.07) is 14.0. The summed E-state index contributed by atoms with van der Waals surface area (Å²) in [5.74, 6) is 1.47. The van der Waals surface area contributed by atoms with Crippen LogP contribution in [0.2, 0.25) is 5.02 Å². The van der Waals surface area contributed by atoms with Crippen LogP contribution < -0.4 is 4.74 Å². The predicted molar refractivity (Wildman–Crippen MR) is 170 cm³/mol. The first kappa shape index (κ1) is 30.6. The molecule has 218 valence electrons. The molecule has 4 rings (SSSR count). The molecule has 1 aliphatic carbocycles. The molecular formula is C34H43ClN4O2. The normalized spacial score (nSPS) is 18.0. The SMILES string of the molecule is CC=C(C(=N)N=CC(CC)Cc1cccc(Cl)c1)N1CCN(C(=O)C2=C(C)c3cccc(OC)c3CC2)CC1(C)C. The molecule has 7 heteroatoms. The zero-order chi connectivity index (χ0) is 29.7. The molecule has 1 aliphatic heterocycles. The van der Waals surface area contributed by atoms with Gasteiger partial charge in [0, 0.05) is 42.0 Å². The maximum atomic E-state index is 13.8. The fourth-order valence-corrected chi connectivity index (χ4v) is 6.35. The van der Waals surface area contributed by atoms with Crippen LogP contribution in [0.3, 0.4) is 0 Å². The van der Waals surface area contributed by atoms with Gasteiger partial charge in [0.05, 0.1) is 18.3 Å². The number of piperazine rings is 1. The summed E-state index contributed by atoms with van der Waals surface area (Å²) in [6.45, 7) is 12.3. The maximum Gasteiger partial charge on any atom is 0.250 e. The molecule has 1 amide bonds. The number of nitrogens with one attached hydrogen (secondary N) is 1. The lowest BCUT2D eigenvalue weighted by Crippen LogP contribution is -2.60. The van der Waals surface area contributed by atoms with Crippen LogP contribution in [-0.4, -0.2) is 60.0 Å². The van der Waals surface area contributed by atoms with Crippen LogP contribution in [0.15, 0.2) is 64.8 Å². The number of carbonyl (C=O) groups is 1. The summed E-state index contributed by atoms with van der Waals surface area (Å²) < 4.78 is 5.57. The van der Waals surface area contributed by atoms with Gasteiger partial charge in [0.25, 0.3) is 0 Å². The minimum Gasteiger partial charge on any atom is -0.496 e. The number of nitrogens with zero attached hydrogens (tertiary/aromatic N) is 3. The maximum absolute atomic E-state index is 13.8. The van der Waals surface area contributed by atoms with Crippen LogP contribution in [0.4, 0.5) is 0 Å². The largest absolute Gasteiger partial charge is 0.496 e. The summed E-state index contributed by atoms with van der Waals surface area (Å²) >= 11 is 6.17. The number of aliphatic imine (C=N–C) groups is 1. The Hall–Kier alpha value is -3.38. The van der Waals surface area contributed by atoms with Gasteiger partial charge in [-0.3, -0.25) is 10.2 Å². The number of halogens is 1. The van der Waals surface area contributed by atoms with Crippen LogP contribution in [0.1, 0.15) is 64.2 Å². The third-order valence-electron chi connectivity index (χ3n) is 8.41. The second-order valence-electron chi connectivity index (χ2n) is 11.6. The van der Waals surface area contributed by atoms with Gasteiger partial charge >= 0.3 is 0 Å². The Labute approximate surface area is 250 Å². The molecule has 0 bridgehead atoms. The van der Waals surface area contributed by atoms with E-state index in [4.69, 9.17) is 21.7 Å². The van der Waals surface area contributed by atoms with Crippen molar-refractivity contribution in [1.82, 2.24) is 9.80 Å². The monoisotopic (exact) mass is 574 g/mol. The molecule has 2 aromatic carbocycles. The summed E-state index contributed by atoms with van der Waals surface area (Å²) in [6.07, 6.45) is 7.14. The Morgan fingerprint density at radius 1 is 1.20 bits per heavy atom. The Morgan fingerprint density at radius 3 is 2.61 bits per heavy atom. The second kappa shape index (κ2) is 13.1. The number of allylic oxidation sites excluding steroid dienone is 2. The summed E-state index contributed by atoms with van der Waals surface area (Å²) in [4.78, 5) is 22.6. The zero-order valence-electron chi connectivity index (χ0n) is 25.3. The second-order valence-corrected chi connectivity index (χ2v) is 12.0. The van der Waals surface area contributed by atoms with Crippen molar-refractivity contribution >= 4 is 35.1 Å². The minimum absolute atomic E-state index is 0.116. The Bertz CT molecular complexity index is 1390. The predicted octanol–water partition coefficient (Wildman–Crippen LogP) is 7.21. The smallest absolute Gasteiger partial charge is 0.250 e. The molecule has 1 saturated heterocycles.